The molecule has 0 spiro atoms. The molecule has 0 bridgehead atoms. The fourth-order valence-corrected chi connectivity index (χ4v) is 1.95. The van der Waals surface area contributed by atoms with Crippen LogP contribution in [0.4, 0.5) is 0 Å². The summed E-state index contributed by atoms with van der Waals surface area (Å²) in [5, 5.41) is 8.91. The van der Waals surface area contributed by atoms with Gasteiger partial charge in [-0.1, -0.05) is 0 Å². The summed E-state index contributed by atoms with van der Waals surface area (Å²) < 4.78 is 7.61. The highest BCUT2D eigenvalue weighted by Gasteiger charge is 2.11. The number of furan rings is 1. The van der Waals surface area contributed by atoms with Gasteiger partial charge in [0.25, 0.3) is 0 Å². The number of rotatable bonds is 3. The monoisotopic (exact) mass is 311 g/mol. The molecule has 2 heterocycles. The summed E-state index contributed by atoms with van der Waals surface area (Å²) in [5.74, 6) is -0.556. The van der Waals surface area contributed by atoms with E-state index < -0.39 is 11.4 Å². The van der Waals surface area contributed by atoms with E-state index in [-0.39, 0.29) is 5.56 Å². The molecule has 0 radical (unpaired) electrons. The Labute approximate surface area is 111 Å². The Hall–Kier alpha value is -1.82. The molecule has 94 valence electrons. The summed E-state index contributed by atoms with van der Waals surface area (Å²) in [6.07, 6.45) is 1.33. The molecule has 0 saturated heterocycles. The van der Waals surface area contributed by atoms with Gasteiger partial charge in [0, 0.05) is 18.0 Å². The van der Waals surface area contributed by atoms with Crippen LogP contribution in [0, 0.1) is 6.92 Å². The van der Waals surface area contributed by atoms with Gasteiger partial charge in [0.05, 0.1) is 6.54 Å². The van der Waals surface area contributed by atoms with Crippen molar-refractivity contribution in [2.75, 3.05) is 0 Å². The van der Waals surface area contributed by atoms with Crippen molar-refractivity contribution in [3.05, 3.63) is 56.3 Å². The fraction of sp³-hybridized carbons (Fsp3) is 0.167. The van der Waals surface area contributed by atoms with Crippen molar-refractivity contribution >= 4 is 21.9 Å². The maximum atomic E-state index is 11.5. The molecule has 0 aliphatic heterocycles. The quantitative estimate of drug-likeness (QED) is 0.943. The second kappa shape index (κ2) is 4.81. The first-order chi connectivity index (χ1) is 8.47. The smallest absolute Gasteiger partial charge is 0.341 e. The van der Waals surface area contributed by atoms with E-state index >= 15 is 0 Å². The normalized spacial score (nSPS) is 10.6. The van der Waals surface area contributed by atoms with Crippen LogP contribution in [0.1, 0.15) is 21.8 Å². The molecule has 0 saturated carbocycles. The van der Waals surface area contributed by atoms with Gasteiger partial charge in [-0.25, -0.2) is 4.79 Å². The highest BCUT2D eigenvalue weighted by atomic mass is 79.9. The number of halogens is 1. The van der Waals surface area contributed by atoms with Crippen LogP contribution >= 0.6 is 15.9 Å². The predicted octanol–water partition coefficient (Wildman–Crippen LogP) is 2.26. The highest BCUT2D eigenvalue weighted by molar-refractivity contribution is 9.10. The molecule has 0 fully saturated rings. The second-order valence-corrected chi connectivity index (χ2v) is 4.61. The van der Waals surface area contributed by atoms with E-state index in [2.05, 4.69) is 15.9 Å². The lowest BCUT2D eigenvalue weighted by molar-refractivity contribution is 0.0694. The first kappa shape index (κ1) is 12.6. The van der Waals surface area contributed by atoms with Crippen molar-refractivity contribution < 1.29 is 14.3 Å². The molecule has 1 N–H and O–H groups in total. The van der Waals surface area contributed by atoms with Crippen molar-refractivity contribution in [3.63, 3.8) is 0 Å². The molecule has 0 unspecified atom stereocenters. The van der Waals surface area contributed by atoms with E-state index in [0.29, 0.717) is 22.7 Å². The Morgan fingerprint density at radius 1 is 1.50 bits per heavy atom. The van der Waals surface area contributed by atoms with Gasteiger partial charge in [-0.3, -0.25) is 4.79 Å². The number of aromatic nitrogens is 1. The highest BCUT2D eigenvalue weighted by Crippen LogP contribution is 2.15. The standard InChI is InChI=1S/C12H10BrNO4/c1-7-4-10(15)9(12(16)17)6-14(7)5-8-2-3-11(13)18-8/h2-4,6H,5H2,1H3,(H,16,17). The summed E-state index contributed by atoms with van der Waals surface area (Å²) in [6, 6.07) is 4.84. The van der Waals surface area contributed by atoms with Crippen molar-refractivity contribution in [1.29, 1.82) is 0 Å². The minimum absolute atomic E-state index is 0.244. The number of pyridine rings is 1. The second-order valence-electron chi connectivity index (χ2n) is 3.83. The van der Waals surface area contributed by atoms with Crippen LogP contribution in [0.5, 0.6) is 0 Å². The van der Waals surface area contributed by atoms with Gasteiger partial charge in [-0.05, 0) is 35.0 Å². The van der Waals surface area contributed by atoms with E-state index in [1.165, 1.54) is 12.3 Å². The van der Waals surface area contributed by atoms with Crippen LogP contribution in [0.3, 0.4) is 0 Å². The van der Waals surface area contributed by atoms with Gasteiger partial charge in [0.1, 0.15) is 11.3 Å². The SMILES string of the molecule is Cc1cc(=O)c(C(=O)O)cn1Cc1ccc(Br)o1. The summed E-state index contributed by atoms with van der Waals surface area (Å²) in [6.45, 7) is 2.11. The van der Waals surface area contributed by atoms with Crippen molar-refractivity contribution in [1.82, 2.24) is 4.57 Å². The molecule has 0 aliphatic rings. The molecule has 0 aromatic carbocycles. The molecule has 0 aliphatic carbocycles. The maximum Gasteiger partial charge on any atom is 0.341 e. The van der Waals surface area contributed by atoms with E-state index in [0.717, 1.165) is 0 Å². The van der Waals surface area contributed by atoms with E-state index in [4.69, 9.17) is 9.52 Å². The van der Waals surface area contributed by atoms with Crippen LogP contribution in [0.25, 0.3) is 0 Å². The number of hydrogen-bond acceptors (Lipinski definition) is 3. The van der Waals surface area contributed by atoms with Crippen molar-refractivity contribution in [3.8, 4) is 0 Å². The van der Waals surface area contributed by atoms with Crippen LogP contribution in [-0.4, -0.2) is 15.6 Å². The topological polar surface area (TPSA) is 72.4 Å². The Balaban J connectivity index is 2.41. The van der Waals surface area contributed by atoms with E-state index in [1.54, 1.807) is 23.6 Å². The Bertz CT molecular complexity index is 656. The first-order valence-corrected chi connectivity index (χ1v) is 5.95. The number of carbonyl (C=O) groups is 1. The molecular weight excluding hydrogens is 302 g/mol. The van der Waals surface area contributed by atoms with Gasteiger partial charge in [0.2, 0.25) is 0 Å². The van der Waals surface area contributed by atoms with Gasteiger partial charge < -0.3 is 14.1 Å². The lowest BCUT2D eigenvalue weighted by Gasteiger charge is -2.09. The lowest BCUT2D eigenvalue weighted by Crippen LogP contribution is -2.19. The average Bonchev–Trinajstić information content (AvgIpc) is 2.67. The largest absolute Gasteiger partial charge is 0.477 e. The summed E-state index contributed by atoms with van der Waals surface area (Å²) >= 11 is 3.19. The number of hydrogen-bond donors (Lipinski definition) is 1. The minimum Gasteiger partial charge on any atom is -0.477 e. The molecule has 2 aromatic heterocycles. The predicted molar refractivity (Wildman–Crippen MR) is 67.9 cm³/mol. The van der Waals surface area contributed by atoms with Crippen LogP contribution < -0.4 is 5.43 Å². The molecule has 5 nitrogen and oxygen atoms in total. The Kier molecular flexibility index (Phi) is 3.38. The third-order valence-corrected chi connectivity index (χ3v) is 2.96. The number of carboxylic acids is 1. The number of nitrogens with zero attached hydrogens (tertiary/aromatic N) is 1. The number of carboxylic acid groups (broad SMARTS) is 1. The average molecular weight is 312 g/mol. The Morgan fingerprint density at radius 2 is 2.22 bits per heavy atom. The van der Waals surface area contributed by atoms with Crippen LogP contribution in [-0.2, 0) is 6.54 Å². The third-order valence-electron chi connectivity index (χ3n) is 2.53. The lowest BCUT2D eigenvalue weighted by atomic mass is 10.2. The van der Waals surface area contributed by atoms with E-state index in [1.807, 2.05) is 0 Å². The van der Waals surface area contributed by atoms with Crippen molar-refractivity contribution in [2.24, 2.45) is 0 Å². The van der Waals surface area contributed by atoms with Gasteiger partial charge in [-0.15, -0.1) is 0 Å². The molecule has 2 aromatic rings. The number of aromatic carboxylic acids is 1. The minimum atomic E-state index is -1.23. The summed E-state index contributed by atoms with van der Waals surface area (Å²) in [4.78, 5) is 22.4. The zero-order valence-corrected chi connectivity index (χ0v) is 11.1. The zero-order valence-electron chi connectivity index (χ0n) is 9.51. The first-order valence-electron chi connectivity index (χ1n) is 5.16. The van der Waals surface area contributed by atoms with Crippen LogP contribution in [0.15, 0.2) is 38.3 Å². The summed E-state index contributed by atoms with van der Waals surface area (Å²) in [5.41, 5.74) is -0.0550. The third kappa shape index (κ3) is 2.53. The molecule has 18 heavy (non-hydrogen) atoms. The van der Waals surface area contributed by atoms with E-state index in [9.17, 15) is 9.59 Å². The molecule has 2 rings (SSSR count). The van der Waals surface area contributed by atoms with Gasteiger partial charge >= 0.3 is 5.97 Å². The fourth-order valence-electron chi connectivity index (χ4n) is 1.61. The van der Waals surface area contributed by atoms with Gasteiger partial charge in [-0.2, -0.15) is 0 Å². The molecule has 0 amide bonds. The van der Waals surface area contributed by atoms with Crippen LogP contribution in [0.2, 0.25) is 0 Å². The Morgan fingerprint density at radius 3 is 2.78 bits per heavy atom. The molecular formula is C12H10BrNO4. The summed E-state index contributed by atoms with van der Waals surface area (Å²) in [7, 11) is 0. The van der Waals surface area contributed by atoms with Gasteiger partial charge in [0.15, 0.2) is 10.1 Å². The maximum absolute atomic E-state index is 11.5. The molecule has 0 atom stereocenters. The zero-order chi connectivity index (χ0) is 13.3. The van der Waals surface area contributed by atoms with Crippen molar-refractivity contribution in [2.45, 2.75) is 13.5 Å². The number of aryl methyl sites for hydroxylation is 1. The molecule has 6 heteroatoms.